The van der Waals surface area contributed by atoms with Crippen LogP contribution in [0.1, 0.15) is 31.7 Å². The maximum absolute atomic E-state index is 6.00. The molecule has 0 radical (unpaired) electrons. The van der Waals surface area contributed by atoms with Crippen LogP contribution < -0.4 is 10.5 Å². The second-order valence-electron chi connectivity index (χ2n) is 4.07. The molecule has 0 aliphatic rings. The van der Waals surface area contributed by atoms with Crippen LogP contribution >= 0.6 is 15.9 Å². The van der Waals surface area contributed by atoms with Crippen LogP contribution in [-0.4, -0.2) is 20.3 Å². The van der Waals surface area contributed by atoms with Gasteiger partial charge in [-0.1, -0.05) is 13.8 Å². The number of halogens is 1. The number of nitrogens with two attached hydrogens (primary N) is 1. The Morgan fingerprint density at radius 1 is 1.35 bits per heavy atom. The van der Waals surface area contributed by atoms with Gasteiger partial charge in [-0.25, -0.2) is 0 Å². The summed E-state index contributed by atoms with van der Waals surface area (Å²) in [6.45, 7) is 5.41. The lowest BCUT2D eigenvalue weighted by molar-refractivity contribution is 0.146. The molecule has 0 bridgehead atoms. The molecule has 0 amide bonds. The Bertz CT molecular complexity index is 345. The molecule has 1 unspecified atom stereocenters. The van der Waals surface area contributed by atoms with Crippen LogP contribution in [0.25, 0.3) is 0 Å². The van der Waals surface area contributed by atoms with E-state index in [0.717, 1.165) is 10.9 Å². The highest BCUT2D eigenvalue weighted by molar-refractivity contribution is 9.10. The van der Waals surface area contributed by atoms with Crippen molar-refractivity contribution in [3.63, 3.8) is 0 Å². The molecular weight excluding hydrogens is 282 g/mol. The standard InChI is InChI=1S/C13H20BrNO2/c1-4-9(2)10-7-11(14)13(12(15)8-10)17-6-5-16-3/h7-9H,4-6,15H2,1-3H3. The second kappa shape index (κ2) is 6.87. The lowest BCUT2D eigenvalue weighted by atomic mass is 9.98. The van der Waals surface area contributed by atoms with E-state index in [1.165, 1.54) is 5.56 Å². The van der Waals surface area contributed by atoms with Crippen LogP contribution in [0.4, 0.5) is 5.69 Å². The fraction of sp³-hybridized carbons (Fsp3) is 0.538. The third kappa shape index (κ3) is 3.89. The van der Waals surface area contributed by atoms with Gasteiger partial charge in [0.05, 0.1) is 16.8 Å². The summed E-state index contributed by atoms with van der Waals surface area (Å²) in [6.07, 6.45) is 1.09. The molecule has 17 heavy (non-hydrogen) atoms. The van der Waals surface area contributed by atoms with Crippen LogP contribution in [0, 0.1) is 0 Å². The van der Waals surface area contributed by atoms with E-state index in [1.54, 1.807) is 7.11 Å². The first kappa shape index (κ1) is 14.3. The van der Waals surface area contributed by atoms with E-state index in [1.807, 2.05) is 6.07 Å². The summed E-state index contributed by atoms with van der Waals surface area (Å²) in [4.78, 5) is 0. The van der Waals surface area contributed by atoms with E-state index >= 15 is 0 Å². The number of hydrogen-bond donors (Lipinski definition) is 1. The Kier molecular flexibility index (Phi) is 5.78. The first-order chi connectivity index (χ1) is 8.10. The average Bonchev–Trinajstić information content (AvgIpc) is 2.31. The molecule has 0 spiro atoms. The van der Waals surface area contributed by atoms with Gasteiger partial charge in [0.25, 0.3) is 0 Å². The molecule has 0 fully saturated rings. The molecule has 1 atom stereocenters. The van der Waals surface area contributed by atoms with Crippen LogP contribution in [0.2, 0.25) is 0 Å². The molecule has 2 N–H and O–H groups in total. The van der Waals surface area contributed by atoms with Crippen molar-refractivity contribution in [3.05, 3.63) is 22.2 Å². The minimum Gasteiger partial charge on any atom is -0.488 e. The monoisotopic (exact) mass is 301 g/mol. The summed E-state index contributed by atoms with van der Waals surface area (Å²) in [7, 11) is 1.65. The minimum atomic E-state index is 0.502. The lowest BCUT2D eigenvalue weighted by Gasteiger charge is -2.15. The van der Waals surface area contributed by atoms with Gasteiger partial charge in [-0.15, -0.1) is 0 Å². The molecular formula is C13H20BrNO2. The number of anilines is 1. The van der Waals surface area contributed by atoms with Gasteiger partial charge >= 0.3 is 0 Å². The summed E-state index contributed by atoms with van der Waals surface area (Å²) in [5.41, 5.74) is 7.91. The summed E-state index contributed by atoms with van der Waals surface area (Å²) < 4.78 is 11.4. The van der Waals surface area contributed by atoms with Crippen molar-refractivity contribution in [2.75, 3.05) is 26.1 Å². The molecule has 4 heteroatoms. The minimum absolute atomic E-state index is 0.502. The van der Waals surface area contributed by atoms with Crippen molar-refractivity contribution < 1.29 is 9.47 Å². The third-order valence-electron chi connectivity index (χ3n) is 2.81. The zero-order valence-electron chi connectivity index (χ0n) is 10.6. The van der Waals surface area contributed by atoms with Gasteiger partial charge in [-0.2, -0.15) is 0 Å². The van der Waals surface area contributed by atoms with Crippen molar-refractivity contribution in [1.82, 2.24) is 0 Å². The number of nitrogen functional groups attached to an aromatic ring is 1. The molecule has 0 saturated carbocycles. The van der Waals surface area contributed by atoms with Gasteiger partial charge < -0.3 is 15.2 Å². The highest BCUT2D eigenvalue weighted by Crippen LogP contribution is 2.35. The van der Waals surface area contributed by atoms with Gasteiger partial charge in [0.15, 0.2) is 5.75 Å². The van der Waals surface area contributed by atoms with E-state index in [2.05, 4.69) is 35.8 Å². The van der Waals surface area contributed by atoms with Crippen LogP contribution in [0.5, 0.6) is 5.75 Å². The smallest absolute Gasteiger partial charge is 0.156 e. The quantitative estimate of drug-likeness (QED) is 0.645. The number of methoxy groups -OCH3 is 1. The molecule has 3 nitrogen and oxygen atoms in total. The predicted octanol–water partition coefficient (Wildman–Crippen LogP) is 3.57. The molecule has 96 valence electrons. The van der Waals surface area contributed by atoms with E-state index in [-0.39, 0.29) is 0 Å². The first-order valence-corrected chi connectivity index (χ1v) is 6.60. The van der Waals surface area contributed by atoms with Crippen molar-refractivity contribution in [1.29, 1.82) is 0 Å². The number of ether oxygens (including phenoxy) is 2. The zero-order chi connectivity index (χ0) is 12.8. The Balaban J connectivity index is 2.86. The maximum atomic E-state index is 6.00. The highest BCUT2D eigenvalue weighted by atomic mass is 79.9. The van der Waals surface area contributed by atoms with E-state index in [0.29, 0.717) is 30.6 Å². The maximum Gasteiger partial charge on any atom is 0.156 e. The fourth-order valence-electron chi connectivity index (χ4n) is 1.54. The fourth-order valence-corrected chi connectivity index (χ4v) is 2.14. The number of hydrogen-bond acceptors (Lipinski definition) is 3. The Hall–Kier alpha value is -0.740. The van der Waals surface area contributed by atoms with Gasteiger partial charge in [0.1, 0.15) is 6.61 Å². The van der Waals surface area contributed by atoms with Crippen molar-refractivity contribution in [2.45, 2.75) is 26.2 Å². The Labute approximate surface area is 111 Å². The third-order valence-corrected chi connectivity index (χ3v) is 3.40. The summed E-state index contributed by atoms with van der Waals surface area (Å²) in [5, 5.41) is 0. The van der Waals surface area contributed by atoms with Gasteiger partial charge in [0.2, 0.25) is 0 Å². The van der Waals surface area contributed by atoms with Crippen LogP contribution in [0.15, 0.2) is 16.6 Å². The molecule has 0 saturated heterocycles. The lowest BCUT2D eigenvalue weighted by Crippen LogP contribution is -2.07. The van der Waals surface area contributed by atoms with Gasteiger partial charge in [-0.3, -0.25) is 0 Å². The van der Waals surface area contributed by atoms with E-state index in [9.17, 15) is 0 Å². The van der Waals surface area contributed by atoms with Crippen molar-refractivity contribution in [3.8, 4) is 5.75 Å². The summed E-state index contributed by atoms with van der Waals surface area (Å²) in [6, 6.07) is 4.06. The van der Waals surface area contributed by atoms with Crippen molar-refractivity contribution in [2.24, 2.45) is 0 Å². The van der Waals surface area contributed by atoms with Gasteiger partial charge in [-0.05, 0) is 46.0 Å². The molecule has 1 aromatic carbocycles. The number of rotatable bonds is 6. The zero-order valence-corrected chi connectivity index (χ0v) is 12.2. The average molecular weight is 302 g/mol. The normalized spacial score (nSPS) is 12.5. The molecule has 0 aliphatic carbocycles. The second-order valence-corrected chi connectivity index (χ2v) is 4.93. The predicted molar refractivity (Wildman–Crippen MR) is 74.6 cm³/mol. The molecule has 0 aromatic heterocycles. The van der Waals surface area contributed by atoms with Crippen LogP contribution in [0.3, 0.4) is 0 Å². The molecule has 0 heterocycles. The van der Waals surface area contributed by atoms with E-state index < -0.39 is 0 Å². The largest absolute Gasteiger partial charge is 0.488 e. The molecule has 0 aliphatic heterocycles. The Morgan fingerprint density at radius 2 is 2.06 bits per heavy atom. The Morgan fingerprint density at radius 3 is 2.59 bits per heavy atom. The van der Waals surface area contributed by atoms with E-state index in [4.69, 9.17) is 15.2 Å². The summed E-state index contributed by atoms with van der Waals surface area (Å²) >= 11 is 3.50. The first-order valence-electron chi connectivity index (χ1n) is 5.80. The SMILES string of the molecule is CCC(C)c1cc(N)c(OCCOC)c(Br)c1. The van der Waals surface area contributed by atoms with Crippen LogP contribution in [-0.2, 0) is 4.74 Å². The highest BCUT2D eigenvalue weighted by Gasteiger charge is 2.11. The molecule has 1 aromatic rings. The summed E-state index contributed by atoms with van der Waals surface area (Å²) in [5.74, 6) is 1.20. The number of benzene rings is 1. The van der Waals surface area contributed by atoms with Gasteiger partial charge in [0, 0.05) is 7.11 Å². The van der Waals surface area contributed by atoms with Crippen molar-refractivity contribution >= 4 is 21.6 Å². The molecule has 1 rings (SSSR count). The topological polar surface area (TPSA) is 44.5 Å².